The van der Waals surface area contributed by atoms with Crippen molar-refractivity contribution in [2.24, 2.45) is 11.1 Å². The van der Waals surface area contributed by atoms with Crippen LogP contribution in [-0.2, 0) is 4.79 Å². The molecule has 164 valence electrons. The monoisotopic (exact) mass is 505 g/mol. The lowest BCUT2D eigenvalue weighted by Crippen LogP contribution is -2.35. The standard InChI is InChI=1S/C21H25BrClN7O/c1-11(24)12-6-13(23)8-15(7-12)30-18-16(17(22)29-30)10-26-20(28-18)27-14-4-5-21(2,9-14)19(31)25-3/h6-8,10-11,14H,4-5,9,24H2,1-3H3,(H,25,31)(H,26,27,28)/t11?,14-,21-/m1/s1. The number of halogens is 2. The Morgan fingerprint density at radius 2 is 2.19 bits per heavy atom. The number of nitrogens with one attached hydrogen (secondary N) is 2. The Bertz CT molecular complexity index is 1150. The molecule has 0 spiro atoms. The fourth-order valence-electron chi connectivity index (χ4n) is 4.15. The fraction of sp³-hybridized carbons (Fsp3) is 0.429. The second-order valence-electron chi connectivity index (χ2n) is 8.39. The molecular weight excluding hydrogens is 482 g/mol. The van der Waals surface area contributed by atoms with E-state index in [0.29, 0.717) is 21.2 Å². The molecule has 8 nitrogen and oxygen atoms in total. The van der Waals surface area contributed by atoms with E-state index in [1.165, 1.54) is 0 Å². The highest BCUT2D eigenvalue weighted by Crippen LogP contribution is 2.39. The maximum atomic E-state index is 12.2. The molecule has 1 unspecified atom stereocenters. The van der Waals surface area contributed by atoms with Gasteiger partial charge < -0.3 is 16.4 Å². The number of anilines is 1. The fourth-order valence-corrected chi connectivity index (χ4v) is 4.83. The van der Waals surface area contributed by atoms with Crippen molar-refractivity contribution in [3.63, 3.8) is 0 Å². The molecule has 2 heterocycles. The van der Waals surface area contributed by atoms with Crippen LogP contribution in [0.5, 0.6) is 0 Å². The first kappa shape index (κ1) is 22.0. The molecule has 1 amide bonds. The predicted molar refractivity (Wildman–Crippen MR) is 125 cm³/mol. The van der Waals surface area contributed by atoms with Crippen molar-refractivity contribution < 1.29 is 4.79 Å². The van der Waals surface area contributed by atoms with E-state index in [9.17, 15) is 4.79 Å². The molecule has 1 saturated carbocycles. The molecule has 4 rings (SSSR count). The van der Waals surface area contributed by atoms with Crippen LogP contribution in [0.25, 0.3) is 16.7 Å². The first-order chi connectivity index (χ1) is 14.7. The van der Waals surface area contributed by atoms with Crippen LogP contribution in [0.15, 0.2) is 29.0 Å². The molecule has 4 N–H and O–H groups in total. The minimum atomic E-state index is -0.378. The number of nitrogens with zero attached hydrogens (tertiary/aromatic N) is 4. The van der Waals surface area contributed by atoms with Crippen LogP contribution >= 0.6 is 27.5 Å². The van der Waals surface area contributed by atoms with Gasteiger partial charge >= 0.3 is 0 Å². The zero-order valence-electron chi connectivity index (χ0n) is 17.6. The van der Waals surface area contributed by atoms with Crippen LogP contribution in [0.2, 0.25) is 5.02 Å². The smallest absolute Gasteiger partial charge is 0.225 e. The van der Waals surface area contributed by atoms with E-state index in [1.54, 1.807) is 17.9 Å². The first-order valence-corrected chi connectivity index (χ1v) is 11.3. The van der Waals surface area contributed by atoms with E-state index in [2.05, 4.69) is 36.6 Å². The van der Waals surface area contributed by atoms with Gasteiger partial charge in [0, 0.05) is 35.8 Å². The van der Waals surface area contributed by atoms with E-state index in [0.717, 1.165) is 35.9 Å². The highest BCUT2D eigenvalue weighted by Gasteiger charge is 2.40. The lowest BCUT2D eigenvalue weighted by atomic mass is 9.87. The largest absolute Gasteiger partial charge is 0.359 e. The van der Waals surface area contributed by atoms with Crippen molar-refractivity contribution in [1.29, 1.82) is 0 Å². The average molecular weight is 507 g/mol. The number of carbonyl (C=O) groups excluding carboxylic acids is 1. The third-order valence-electron chi connectivity index (χ3n) is 5.90. The summed E-state index contributed by atoms with van der Waals surface area (Å²) in [5, 5.41) is 12.1. The number of fused-ring (bicyclic) bond motifs is 1. The number of rotatable bonds is 5. The molecule has 0 bridgehead atoms. The summed E-state index contributed by atoms with van der Waals surface area (Å²) < 4.78 is 2.37. The first-order valence-electron chi connectivity index (χ1n) is 10.2. The predicted octanol–water partition coefficient (Wildman–Crippen LogP) is 3.97. The summed E-state index contributed by atoms with van der Waals surface area (Å²) >= 11 is 9.82. The molecule has 10 heteroatoms. The molecule has 1 aliphatic rings. The van der Waals surface area contributed by atoms with Gasteiger partial charge in [-0.05, 0) is 65.9 Å². The third kappa shape index (κ3) is 4.26. The average Bonchev–Trinajstić information content (AvgIpc) is 3.27. The Morgan fingerprint density at radius 1 is 1.42 bits per heavy atom. The van der Waals surface area contributed by atoms with E-state index in [4.69, 9.17) is 22.3 Å². The molecule has 1 aromatic carbocycles. The number of benzene rings is 1. The zero-order valence-corrected chi connectivity index (χ0v) is 20.0. The van der Waals surface area contributed by atoms with Crippen molar-refractivity contribution in [3.05, 3.63) is 39.6 Å². The minimum absolute atomic E-state index is 0.0704. The number of carbonyl (C=O) groups is 1. The van der Waals surface area contributed by atoms with Crippen LogP contribution in [0, 0.1) is 5.41 Å². The number of aromatic nitrogens is 4. The van der Waals surface area contributed by atoms with E-state index in [1.807, 2.05) is 32.0 Å². The van der Waals surface area contributed by atoms with E-state index < -0.39 is 0 Å². The number of hydrogen-bond donors (Lipinski definition) is 3. The number of hydrogen-bond acceptors (Lipinski definition) is 6. The van der Waals surface area contributed by atoms with Gasteiger partial charge in [0.1, 0.15) is 4.60 Å². The molecule has 0 aliphatic heterocycles. The summed E-state index contributed by atoms with van der Waals surface area (Å²) in [4.78, 5) is 21.4. The van der Waals surface area contributed by atoms with Gasteiger partial charge in [-0.2, -0.15) is 10.1 Å². The molecule has 31 heavy (non-hydrogen) atoms. The van der Waals surface area contributed by atoms with Crippen LogP contribution in [0.4, 0.5) is 5.95 Å². The van der Waals surface area contributed by atoms with Crippen molar-refractivity contribution in [1.82, 2.24) is 25.1 Å². The maximum absolute atomic E-state index is 12.2. The highest BCUT2D eigenvalue weighted by atomic mass is 79.9. The van der Waals surface area contributed by atoms with Crippen molar-refractivity contribution in [2.75, 3.05) is 12.4 Å². The molecule has 1 aliphatic carbocycles. The Hall–Kier alpha value is -2.23. The van der Waals surface area contributed by atoms with Crippen molar-refractivity contribution in [2.45, 2.75) is 45.2 Å². The van der Waals surface area contributed by atoms with E-state index in [-0.39, 0.29) is 23.4 Å². The Kier molecular flexibility index (Phi) is 5.93. The van der Waals surface area contributed by atoms with Gasteiger partial charge in [0.2, 0.25) is 11.9 Å². The molecule has 0 saturated heterocycles. The molecule has 1 fully saturated rings. The second-order valence-corrected chi connectivity index (χ2v) is 9.58. The summed E-state index contributed by atoms with van der Waals surface area (Å²) in [6, 6.07) is 5.59. The number of amides is 1. The van der Waals surface area contributed by atoms with Gasteiger partial charge in [-0.1, -0.05) is 18.5 Å². The second kappa shape index (κ2) is 8.37. The lowest BCUT2D eigenvalue weighted by molar-refractivity contribution is -0.129. The highest BCUT2D eigenvalue weighted by molar-refractivity contribution is 9.10. The Balaban J connectivity index is 1.67. The molecule has 2 aromatic heterocycles. The van der Waals surface area contributed by atoms with Crippen LogP contribution in [-0.4, -0.2) is 38.7 Å². The summed E-state index contributed by atoms with van der Waals surface area (Å²) in [5.74, 6) is 0.572. The van der Waals surface area contributed by atoms with Gasteiger partial charge in [-0.3, -0.25) is 4.79 Å². The number of nitrogens with two attached hydrogens (primary N) is 1. The van der Waals surface area contributed by atoms with Crippen LogP contribution in [0.1, 0.15) is 44.7 Å². The quantitative estimate of drug-likeness (QED) is 0.483. The van der Waals surface area contributed by atoms with Crippen LogP contribution in [0.3, 0.4) is 0 Å². The van der Waals surface area contributed by atoms with E-state index >= 15 is 0 Å². The summed E-state index contributed by atoms with van der Waals surface area (Å²) in [7, 11) is 1.68. The van der Waals surface area contributed by atoms with Gasteiger partial charge in [0.15, 0.2) is 5.65 Å². The molecule has 0 radical (unpaired) electrons. The maximum Gasteiger partial charge on any atom is 0.225 e. The lowest BCUT2D eigenvalue weighted by Gasteiger charge is -2.22. The molecular formula is C21H25BrClN7O. The SMILES string of the molecule is CNC(=O)[C@]1(C)CC[C@@H](Nc2ncc3c(Br)nn(-c4cc(Cl)cc(C(C)N)c4)c3n2)C1. The molecule has 3 atom stereocenters. The van der Waals surface area contributed by atoms with Crippen LogP contribution < -0.4 is 16.4 Å². The van der Waals surface area contributed by atoms with Gasteiger partial charge in [-0.25, -0.2) is 9.67 Å². The van der Waals surface area contributed by atoms with Gasteiger partial charge in [-0.15, -0.1) is 0 Å². The van der Waals surface area contributed by atoms with Gasteiger partial charge in [0.25, 0.3) is 0 Å². The third-order valence-corrected chi connectivity index (χ3v) is 6.71. The minimum Gasteiger partial charge on any atom is -0.359 e. The summed E-state index contributed by atoms with van der Waals surface area (Å²) in [6.07, 6.45) is 4.16. The van der Waals surface area contributed by atoms with Crippen molar-refractivity contribution >= 4 is 50.4 Å². The Labute approximate surface area is 194 Å². The summed E-state index contributed by atoms with van der Waals surface area (Å²) in [6.45, 7) is 3.91. The normalized spacial score (nSPS) is 21.9. The topological polar surface area (TPSA) is 111 Å². The zero-order chi connectivity index (χ0) is 22.3. The summed E-state index contributed by atoms with van der Waals surface area (Å²) in [5.41, 5.74) is 8.01. The Morgan fingerprint density at radius 3 is 2.90 bits per heavy atom. The van der Waals surface area contributed by atoms with Crippen molar-refractivity contribution in [3.8, 4) is 5.69 Å². The van der Waals surface area contributed by atoms with Gasteiger partial charge in [0.05, 0.1) is 11.1 Å². The molecule has 3 aromatic rings.